The molecule has 1 aliphatic rings. The molecule has 0 radical (unpaired) electrons. The number of benzene rings is 3. The van der Waals surface area contributed by atoms with Gasteiger partial charge in [0.05, 0.1) is 17.4 Å². The molecule has 1 aliphatic heterocycles. The number of hydrazone groups is 1. The Morgan fingerprint density at radius 2 is 1.46 bits per heavy atom. The van der Waals surface area contributed by atoms with Crippen LogP contribution in [0.4, 0.5) is 10.1 Å². The molecular formula is C21H15Br2FN2. The van der Waals surface area contributed by atoms with Crippen LogP contribution in [0, 0.1) is 5.82 Å². The van der Waals surface area contributed by atoms with Crippen LogP contribution in [0.5, 0.6) is 0 Å². The Kier molecular flexibility index (Phi) is 4.92. The number of halogens is 3. The average Bonchev–Trinajstić information content (AvgIpc) is 3.08. The van der Waals surface area contributed by atoms with Gasteiger partial charge in [0.1, 0.15) is 5.82 Å². The number of hydrogen-bond acceptors (Lipinski definition) is 2. The summed E-state index contributed by atoms with van der Waals surface area (Å²) in [5.74, 6) is -0.202. The zero-order valence-electron chi connectivity index (χ0n) is 13.7. The lowest BCUT2D eigenvalue weighted by Gasteiger charge is -2.24. The molecule has 0 aliphatic carbocycles. The topological polar surface area (TPSA) is 15.6 Å². The molecule has 0 N–H and O–H groups in total. The Bertz CT molecular complexity index is 953. The summed E-state index contributed by atoms with van der Waals surface area (Å²) in [5, 5.41) is 6.76. The third-order valence-corrected chi connectivity index (χ3v) is 5.50. The van der Waals surface area contributed by atoms with Crippen LogP contribution in [-0.4, -0.2) is 5.71 Å². The van der Waals surface area contributed by atoms with Crippen LogP contribution < -0.4 is 5.01 Å². The van der Waals surface area contributed by atoms with E-state index >= 15 is 0 Å². The maximum absolute atomic E-state index is 14.5. The van der Waals surface area contributed by atoms with Crippen molar-refractivity contribution in [3.63, 3.8) is 0 Å². The van der Waals surface area contributed by atoms with Gasteiger partial charge in [-0.2, -0.15) is 5.10 Å². The van der Waals surface area contributed by atoms with Gasteiger partial charge in [-0.25, -0.2) is 4.39 Å². The molecule has 0 bridgehead atoms. The van der Waals surface area contributed by atoms with Crippen molar-refractivity contribution >= 4 is 43.3 Å². The molecule has 1 atom stereocenters. The van der Waals surface area contributed by atoms with Gasteiger partial charge in [0.15, 0.2) is 0 Å². The quantitative estimate of drug-likeness (QED) is 0.412. The first kappa shape index (κ1) is 17.4. The summed E-state index contributed by atoms with van der Waals surface area (Å²) in [6, 6.07) is 22.8. The van der Waals surface area contributed by atoms with Crippen molar-refractivity contribution in [3.05, 3.63) is 98.7 Å². The van der Waals surface area contributed by atoms with Crippen LogP contribution in [0.2, 0.25) is 0 Å². The lowest BCUT2D eigenvalue weighted by molar-refractivity contribution is 0.579. The zero-order chi connectivity index (χ0) is 18.1. The summed E-state index contributed by atoms with van der Waals surface area (Å²) < 4.78 is 16.5. The molecule has 0 fully saturated rings. The maximum atomic E-state index is 14.5. The van der Waals surface area contributed by atoms with E-state index in [0.717, 1.165) is 25.9 Å². The van der Waals surface area contributed by atoms with E-state index in [-0.39, 0.29) is 11.9 Å². The van der Waals surface area contributed by atoms with Crippen LogP contribution in [-0.2, 0) is 0 Å². The third-order valence-electron chi connectivity index (χ3n) is 4.44. The summed E-state index contributed by atoms with van der Waals surface area (Å²) in [6.07, 6.45) is 0.651. The number of hydrogen-bond donors (Lipinski definition) is 0. The zero-order valence-corrected chi connectivity index (χ0v) is 16.9. The average molecular weight is 474 g/mol. The minimum Gasteiger partial charge on any atom is -0.257 e. The molecule has 2 nitrogen and oxygen atoms in total. The SMILES string of the molecule is Fc1ccccc1C1CC(c2ccc(Br)cc2)=NN1c1ccc(Br)cc1. The normalized spacial score (nSPS) is 16.7. The second-order valence-electron chi connectivity index (χ2n) is 6.12. The highest BCUT2D eigenvalue weighted by Gasteiger charge is 2.31. The van der Waals surface area contributed by atoms with Gasteiger partial charge in [-0.05, 0) is 48.0 Å². The minimum absolute atomic E-state index is 0.170. The van der Waals surface area contributed by atoms with E-state index in [2.05, 4.69) is 31.9 Å². The summed E-state index contributed by atoms with van der Waals surface area (Å²) in [5.41, 5.74) is 3.60. The Morgan fingerprint density at radius 3 is 2.12 bits per heavy atom. The van der Waals surface area contributed by atoms with E-state index < -0.39 is 0 Å². The lowest BCUT2D eigenvalue weighted by Crippen LogP contribution is -2.19. The monoisotopic (exact) mass is 472 g/mol. The van der Waals surface area contributed by atoms with Gasteiger partial charge in [0.25, 0.3) is 0 Å². The molecule has 0 aromatic heterocycles. The molecule has 3 aromatic carbocycles. The summed E-state index contributed by atoms with van der Waals surface area (Å²) in [6.45, 7) is 0. The van der Waals surface area contributed by atoms with Crippen molar-refractivity contribution in [1.29, 1.82) is 0 Å². The fourth-order valence-electron chi connectivity index (χ4n) is 3.15. The van der Waals surface area contributed by atoms with E-state index in [4.69, 9.17) is 5.10 Å². The van der Waals surface area contributed by atoms with Crippen LogP contribution in [0.3, 0.4) is 0 Å². The highest BCUT2D eigenvalue weighted by Crippen LogP contribution is 2.38. The predicted molar refractivity (Wildman–Crippen MR) is 111 cm³/mol. The smallest absolute Gasteiger partial charge is 0.128 e. The van der Waals surface area contributed by atoms with Crippen molar-refractivity contribution < 1.29 is 4.39 Å². The molecule has 0 spiro atoms. The number of rotatable bonds is 3. The first-order chi connectivity index (χ1) is 12.6. The molecule has 4 rings (SSSR count). The third kappa shape index (κ3) is 3.46. The van der Waals surface area contributed by atoms with Crippen LogP contribution >= 0.6 is 31.9 Å². The van der Waals surface area contributed by atoms with Crippen molar-refractivity contribution in [3.8, 4) is 0 Å². The van der Waals surface area contributed by atoms with Gasteiger partial charge in [-0.1, -0.05) is 62.2 Å². The molecule has 1 heterocycles. The fourth-order valence-corrected chi connectivity index (χ4v) is 3.68. The van der Waals surface area contributed by atoms with E-state index in [1.54, 1.807) is 6.07 Å². The molecule has 1 unspecified atom stereocenters. The van der Waals surface area contributed by atoms with Crippen molar-refractivity contribution in [2.24, 2.45) is 5.10 Å². The summed E-state index contributed by atoms with van der Waals surface area (Å²) in [4.78, 5) is 0. The first-order valence-electron chi connectivity index (χ1n) is 8.24. The van der Waals surface area contributed by atoms with Gasteiger partial charge >= 0.3 is 0 Å². The summed E-state index contributed by atoms with van der Waals surface area (Å²) >= 11 is 6.93. The van der Waals surface area contributed by atoms with Gasteiger partial charge in [0, 0.05) is 20.9 Å². The van der Waals surface area contributed by atoms with Crippen molar-refractivity contribution in [1.82, 2.24) is 0 Å². The van der Waals surface area contributed by atoms with E-state index in [9.17, 15) is 4.39 Å². The fraction of sp³-hybridized carbons (Fsp3) is 0.0952. The molecule has 26 heavy (non-hydrogen) atoms. The number of nitrogens with zero attached hydrogens (tertiary/aromatic N) is 2. The maximum Gasteiger partial charge on any atom is 0.128 e. The molecule has 0 saturated heterocycles. The van der Waals surface area contributed by atoms with E-state index in [1.807, 2.05) is 65.7 Å². The standard InChI is InChI=1S/C21H15Br2FN2/c22-15-7-5-14(6-8-15)20-13-21(18-3-1-2-4-19(18)24)26(25-20)17-11-9-16(23)10-12-17/h1-12,21H,13H2. The largest absolute Gasteiger partial charge is 0.257 e. The van der Waals surface area contributed by atoms with Gasteiger partial charge < -0.3 is 0 Å². The molecule has 3 aromatic rings. The molecule has 0 amide bonds. The van der Waals surface area contributed by atoms with Gasteiger partial charge in [0.2, 0.25) is 0 Å². The second kappa shape index (κ2) is 7.33. The van der Waals surface area contributed by atoms with Crippen LogP contribution in [0.25, 0.3) is 0 Å². The molecule has 0 saturated carbocycles. The molecular weight excluding hydrogens is 459 g/mol. The lowest BCUT2D eigenvalue weighted by atomic mass is 9.98. The van der Waals surface area contributed by atoms with E-state index in [1.165, 1.54) is 6.07 Å². The van der Waals surface area contributed by atoms with Crippen molar-refractivity contribution in [2.45, 2.75) is 12.5 Å². The van der Waals surface area contributed by atoms with Gasteiger partial charge in [-0.15, -0.1) is 0 Å². The van der Waals surface area contributed by atoms with Crippen LogP contribution in [0.15, 0.2) is 86.8 Å². The van der Waals surface area contributed by atoms with Crippen molar-refractivity contribution in [2.75, 3.05) is 5.01 Å². The second-order valence-corrected chi connectivity index (χ2v) is 7.95. The Hall–Kier alpha value is -1.98. The van der Waals surface area contributed by atoms with E-state index in [0.29, 0.717) is 12.0 Å². The highest BCUT2D eigenvalue weighted by atomic mass is 79.9. The van der Waals surface area contributed by atoms with Gasteiger partial charge in [-0.3, -0.25) is 5.01 Å². The van der Waals surface area contributed by atoms with Crippen LogP contribution in [0.1, 0.15) is 23.6 Å². The number of anilines is 1. The Morgan fingerprint density at radius 1 is 0.846 bits per heavy atom. The molecule has 5 heteroatoms. The Labute approximate surface area is 168 Å². The molecule has 130 valence electrons. The predicted octanol–water partition coefficient (Wildman–Crippen LogP) is 6.71. The Balaban J connectivity index is 1.77. The first-order valence-corrected chi connectivity index (χ1v) is 9.83. The summed E-state index contributed by atoms with van der Waals surface area (Å²) in [7, 11) is 0. The highest BCUT2D eigenvalue weighted by molar-refractivity contribution is 9.10. The minimum atomic E-state index is -0.202.